The van der Waals surface area contributed by atoms with E-state index >= 15 is 0 Å². The van der Waals surface area contributed by atoms with Crippen molar-refractivity contribution >= 4 is 29.0 Å². The van der Waals surface area contributed by atoms with Crippen LogP contribution in [0.5, 0.6) is 0 Å². The fraction of sp³-hybridized carbons (Fsp3) is 0.500. The number of aromatic nitrogens is 2. The van der Waals surface area contributed by atoms with Crippen LogP contribution < -0.4 is 20.0 Å². The maximum absolute atomic E-state index is 13.3. The second-order valence-corrected chi connectivity index (χ2v) is 8.78. The number of alkyl halides is 3. The van der Waals surface area contributed by atoms with Crippen molar-refractivity contribution in [3.05, 3.63) is 36.2 Å². The van der Waals surface area contributed by atoms with E-state index in [4.69, 9.17) is 4.98 Å². The van der Waals surface area contributed by atoms with Crippen LogP contribution >= 0.6 is 0 Å². The van der Waals surface area contributed by atoms with E-state index in [9.17, 15) is 18.0 Å². The summed E-state index contributed by atoms with van der Waals surface area (Å²) in [6.45, 7) is 3.84. The zero-order valence-electron chi connectivity index (χ0n) is 17.8. The maximum Gasteiger partial charge on any atom is 0.393 e. The zero-order chi connectivity index (χ0) is 22.5. The Labute approximate surface area is 184 Å². The van der Waals surface area contributed by atoms with Crippen molar-refractivity contribution in [1.29, 1.82) is 0 Å². The summed E-state index contributed by atoms with van der Waals surface area (Å²) in [5, 5.41) is 2.91. The molecule has 170 valence electrons. The van der Waals surface area contributed by atoms with Crippen LogP contribution in [0.15, 0.2) is 30.6 Å². The molecule has 0 saturated carbocycles. The molecule has 1 unspecified atom stereocenters. The number of urea groups is 1. The standard InChI is InChI=1S/C22H25F3N6O/c1-14-9-16(11-26-10-14)27-21(32)31-17-6-8-29(13-17)18-4-5-19(28-20(18)31)30-7-2-3-15(12-30)22(23,24)25/h4-5,9-11,15,17H,2-3,6-8,12-13H2,1H3,(H,27,32)/t15?,17-/m0/s1. The Bertz CT molecular complexity index is 1030. The molecule has 0 aromatic carbocycles. The lowest BCUT2D eigenvalue weighted by Gasteiger charge is -2.38. The van der Waals surface area contributed by atoms with Crippen LogP contribution in [0.3, 0.4) is 0 Å². The average molecular weight is 446 g/mol. The molecule has 3 aliphatic heterocycles. The predicted octanol–water partition coefficient (Wildman–Crippen LogP) is 4.19. The van der Waals surface area contributed by atoms with Gasteiger partial charge in [-0.25, -0.2) is 9.78 Å². The van der Waals surface area contributed by atoms with Crippen molar-refractivity contribution in [2.45, 2.75) is 38.4 Å². The number of hydrogen-bond acceptors (Lipinski definition) is 5. The Morgan fingerprint density at radius 3 is 2.75 bits per heavy atom. The van der Waals surface area contributed by atoms with E-state index < -0.39 is 12.1 Å². The number of fused-ring (bicyclic) bond motifs is 4. The molecule has 3 aliphatic rings. The van der Waals surface area contributed by atoms with Gasteiger partial charge in [0.15, 0.2) is 5.82 Å². The monoisotopic (exact) mass is 446 g/mol. The number of anilines is 4. The van der Waals surface area contributed by atoms with Gasteiger partial charge in [0.2, 0.25) is 0 Å². The van der Waals surface area contributed by atoms with Gasteiger partial charge in [-0.1, -0.05) is 0 Å². The van der Waals surface area contributed by atoms with Crippen LogP contribution in [0, 0.1) is 12.8 Å². The third kappa shape index (κ3) is 3.82. The number of pyridine rings is 2. The first-order chi connectivity index (χ1) is 15.3. The number of carbonyl (C=O) groups is 1. The van der Waals surface area contributed by atoms with Crippen molar-refractivity contribution in [3.63, 3.8) is 0 Å². The number of nitrogens with zero attached hydrogens (tertiary/aromatic N) is 5. The molecular formula is C22H25F3N6O. The van der Waals surface area contributed by atoms with Crippen LogP contribution in [0.25, 0.3) is 0 Å². The number of aryl methyl sites for hydroxylation is 1. The lowest BCUT2D eigenvalue weighted by Crippen LogP contribution is -2.48. The van der Waals surface area contributed by atoms with E-state index in [2.05, 4.69) is 15.2 Å². The Kier molecular flexibility index (Phi) is 5.10. The number of hydrogen-bond donors (Lipinski definition) is 1. The fourth-order valence-corrected chi connectivity index (χ4v) is 4.90. The molecule has 0 aliphatic carbocycles. The highest BCUT2D eigenvalue weighted by atomic mass is 19.4. The lowest BCUT2D eigenvalue weighted by atomic mass is 9.97. The summed E-state index contributed by atoms with van der Waals surface area (Å²) in [6, 6.07) is 5.15. The van der Waals surface area contributed by atoms with Crippen molar-refractivity contribution in [2.24, 2.45) is 5.92 Å². The molecule has 2 aromatic heterocycles. The highest BCUT2D eigenvalue weighted by Crippen LogP contribution is 2.41. The molecule has 1 N–H and O–H groups in total. The molecule has 0 spiro atoms. The normalized spacial score (nSPS) is 22.7. The molecule has 2 bridgehead atoms. The van der Waals surface area contributed by atoms with Gasteiger partial charge in [-0.2, -0.15) is 13.2 Å². The molecule has 5 heterocycles. The van der Waals surface area contributed by atoms with Crippen LogP contribution in [0.4, 0.5) is 41.0 Å². The van der Waals surface area contributed by atoms with Crippen LogP contribution in [-0.4, -0.2) is 54.4 Å². The van der Waals surface area contributed by atoms with Crippen molar-refractivity contribution in [2.75, 3.05) is 46.2 Å². The summed E-state index contributed by atoms with van der Waals surface area (Å²) in [4.78, 5) is 27.6. The molecule has 2 amide bonds. The Balaban J connectivity index is 1.45. The second-order valence-electron chi connectivity index (χ2n) is 8.78. The largest absolute Gasteiger partial charge is 0.393 e. The minimum Gasteiger partial charge on any atom is -0.366 e. The van der Waals surface area contributed by atoms with Gasteiger partial charge >= 0.3 is 12.2 Å². The second kappa shape index (κ2) is 7.83. The van der Waals surface area contributed by atoms with E-state index in [1.807, 2.05) is 19.1 Å². The molecule has 5 rings (SSSR count). The first-order valence-electron chi connectivity index (χ1n) is 10.9. The highest BCUT2D eigenvalue weighted by molar-refractivity contribution is 6.04. The summed E-state index contributed by atoms with van der Waals surface area (Å²) >= 11 is 0. The molecule has 2 atom stereocenters. The molecular weight excluding hydrogens is 421 g/mol. The minimum absolute atomic E-state index is 0.0349. The first kappa shape index (κ1) is 20.8. The van der Waals surface area contributed by atoms with Gasteiger partial charge in [0.1, 0.15) is 5.82 Å². The number of piperidine rings is 1. The maximum atomic E-state index is 13.3. The highest BCUT2D eigenvalue weighted by Gasteiger charge is 2.43. The summed E-state index contributed by atoms with van der Waals surface area (Å²) in [5.74, 6) is -0.374. The third-order valence-corrected chi connectivity index (χ3v) is 6.49. The number of amides is 2. The van der Waals surface area contributed by atoms with Gasteiger partial charge in [0.25, 0.3) is 0 Å². The quantitative estimate of drug-likeness (QED) is 0.749. The number of carbonyl (C=O) groups excluding carboxylic acids is 1. The molecule has 2 fully saturated rings. The lowest BCUT2D eigenvalue weighted by molar-refractivity contribution is -0.176. The van der Waals surface area contributed by atoms with E-state index in [1.165, 1.54) is 0 Å². The smallest absolute Gasteiger partial charge is 0.366 e. The molecule has 2 aromatic rings. The van der Waals surface area contributed by atoms with Gasteiger partial charge in [-0.05, 0) is 49.9 Å². The Hall–Kier alpha value is -3.04. The van der Waals surface area contributed by atoms with Gasteiger partial charge in [-0.3, -0.25) is 9.88 Å². The van der Waals surface area contributed by atoms with Gasteiger partial charge in [0, 0.05) is 32.4 Å². The van der Waals surface area contributed by atoms with Crippen molar-refractivity contribution < 1.29 is 18.0 Å². The van der Waals surface area contributed by atoms with Gasteiger partial charge < -0.3 is 15.1 Å². The number of nitrogens with one attached hydrogen (secondary N) is 1. The summed E-state index contributed by atoms with van der Waals surface area (Å²) in [5.41, 5.74) is 2.36. The minimum atomic E-state index is -4.22. The van der Waals surface area contributed by atoms with E-state index in [0.717, 1.165) is 24.2 Å². The Morgan fingerprint density at radius 1 is 1.12 bits per heavy atom. The van der Waals surface area contributed by atoms with E-state index in [1.54, 1.807) is 28.3 Å². The molecule has 7 nitrogen and oxygen atoms in total. The van der Waals surface area contributed by atoms with Crippen molar-refractivity contribution in [3.8, 4) is 0 Å². The van der Waals surface area contributed by atoms with Gasteiger partial charge in [-0.15, -0.1) is 0 Å². The SMILES string of the molecule is Cc1cncc(NC(=O)N2c3nc(N4CCCC(C(F)(F)F)C4)ccc3N3CC[C@H]2C3)c1. The molecule has 32 heavy (non-hydrogen) atoms. The fourth-order valence-electron chi connectivity index (χ4n) is 4.90. The number of halogens is 3. The molecule has 2 saturated heterocycles. The number of rotatable bonds is 2. The van der Waals surface area contributed by atoms with Crippen LogP contribution in [0.1, 0.15) is 24.8 Å². The average Bonchev–Trinajstić information content (AvgIpc) is 3.17. The Morgan fingerprint density at radius 2 is 1.97 bits per heavy atom. The van der Waals surface area contributed by atoms with E-state index in [0.29, 0.717) is 36.8 Å². The van der Waals surface area contributed by atoms with Crippen molar-refractivity contribution in [1.82, 2.24) is 9.97 Å². The van der Waals surface area contributed by atoms with Crippen LogP contribution in [-0.2, 0) is 0 Å². The zero-order valence-corrected chi connectivity index (χ0v) is 17.8. The summed E-state index contributed by atoms with van der Waals surface area (Å²) in [7, 11) is 0. The topological polar surface area (TPSA) is 64.6 Å². The first-order valence-corrected chi connectivity index (χ1v) is 10.9. The van der Waals surface area contributed by atoms with E-state index in [-0.39, 0.29) is 25.0 Å². The third-order valence-electron chi connectivity index (χ3n) is 6.49. The van der Waals surface area contributed by atoms with Gasteiger partial charge in [0.05, 0.1) is 29.5 Å². The molecule has 10 heteroatoms. The summed E-state index contributed by atoms with van der Waals surface area (Å²) < 4.78 is 39.9. The van der Waals surface area contributed by atoms with Crippen LogP contribution in [0.2, 0.25) is 0 Å². The summed E-state index contributed by atoms with van der Waals surface area (Å²) in [6.07, 6.45) is 0.492. The molecule has 0 radical (unpaired) electrons. The predicted molar refractivity (Wildman–Crippen MR) is 116 cm³/mol.